The van der Waals surface area contributed by atoms with E-state index in [4.69, 9.17) is 9.79 Å². The first kappa shape index (κ1) is 10.9. The molecule has 6 heteroatoms. The smallest absolute Gasteiger partial charge is 0.391 e. The van der Waals surface area contributed by atoms with Crippen molar-refractivity contribution < 1.29 is 19.1 Å². The molecule has 0 aliphatic carbocycles. The Morgan fingerprint density at radius 3 is 2.79 bits per heavy atom. The molecule has 0 fully saturated rings. The summed E-state index contributed by atoms with van der Waals surface area (Å²) >= 11 is 0. The highest BCUT2D eigenvalue weighted by molar-refractivity contribution is 7.39. The third-order valence-corrected chi connectivity index (χ3v) is 1.72. The number of anilines is 1. The lowest BCUT2D eigenvalue weighted by Crippen LogP contribution is -2.05. The average Bonchev–Trinajstić information content (AvgIpc) is 2.01. The lowest BCUT2D eigenvalue weighted by Gasteiger charge is -2.07. The first-order chi connectivity index (χ1) is 6.58. The van der Waals surface area contributed by atoms with E-state index in [0.29, 0.717) is 11.4 Å². The van der Waals surface area contributed by atoms with Crippen molar-refractivity contribution in [3.8, 4) is 5.75 Å². The van der Waals surface area contributed by atoms with Crippen LogP contribution in [0.25, 0.3) is 0 Å². The van der Waals surface area contributed by atoms with E-state index in [-0.39, 0.29) is 5.91 Å². The maximum atomic E-state index is 10.7. The molecule has 1 amide bonds. The monoisotopic (exact) mass is 215 g/mol. The quantitative estimate of drug-likeness (QED) is 0.662. The zero-order valence-corrected chi connectivity index (χ0v) is 8.36. The minimum atomic E-state index is -2.42. The summed E-state index contributed by atoms with van der Waals surface area (Å²) in [7, 11) is -2.42. The van der Waals surface area contributed by atoms with Crippen LogP contribution in [0, 0.1) is 0 Å². The van der Waals surface area contributed by atoms with Crippen LogP contribution in [0.3, 0.4) is 0 Å². The van der Waals surface area contributed by atoms with Gasteiger partial charge in [0.15, 0.2) is 0 Å². The highest BCUT2D eigenvalue weighted by Crippen LogP contribution is 2.30. The van der Waals surface area contributed by atoms with Crippen LogP contribution in [0.15, 0.2) is 24.3 Å². The van der Waals surface area contributed by atoms with Crippen LogP contribution >= 0.6 is 8.60 Å². The molecule has 0 bridgehead atoms. The van der Waals surface area contributed by atoms with Gasteiger partial charge < -0.3 is 19.6 Å². The molecule has 0 saturated carbocycles. The third-order valence-electron chi connectivity index (χ3n) is 1.34. The molecular weight excluding hydrogens is 205 g/mol. The van der Waals surface area contributed by atoms with Crippen LogP contribution in [-0.2, 0) is 4.79 Å². The molecule has 0 aliphatic heterocycles. The minimum Gasteiger partial charge on any atom is -0.427 e. The van der Waals surface area contributed by atoms with Gasteiger partial charge in [0.2, 0.25) is 5.91 Å². The Bertz CT molecular complexity index is 329. The predicted octanol–water partition coefficient (Wildman–Crippen LogP) is 1.24. The fourth-order valence-electron chi connectivity index (χ4n) is 0.928. The number of carbonyl (C=O) groups excluding carboxylic acids is 1. The molecule has 0 spiro atoms. The maximum Gasteiger partial charge on any atom is 0.391 e. The molecule has 0 aromatic heterocycles. The normalized spacial score (nSPS) is 10.0. The molecule has 0 aliphatic rings. The maximum absolute atomic E-state index is 10.7. The average molecular weight is 215 g/mol. The Labute approximate surface area is 82.3 Å². The van der Waals surface area contributed by atoms with Crippen molar-refractivity contribution in [2.45, 2.75) is 6.92 Å². The van der Waals surface area contributed by atoms with E-state index < -0.39 is 8.60 Å². The van der Waals surface area contributed by atoms with Crippen molar-refractivity contribution >= 4 is 20.2 Å². The van der Waals surface area contributed by atoms with Crippen LogP contribution in [0.5, 0.6) is 5.75 Å². The summed E-state index contributed by atoms with van der Waals surface area (Å²) in [6.07, 6.45) is 0. The molecule has 76 valence electrons. The molecule has 1 aromatic carbocycles. The summed E-state index contributed by atoms with van der Waals surface area (Å²) in [5.74, 6) is 0.102. The zero-order valence-electron chi connectivity index (χ0n) is 7.47. The molecule has 3 N–H and O–H groups in total. The fraction of sp³-hybridized carbons (Fsp3) is 0.125. The fourth-order valence-corrected chi connectivity index (χ4v) is 1.23. The summed E-state index contributed by atoms with van der Waals surface area (Å²) in [5.41, 5.74) is 0.548. The Hall–Kier alpha value is -1.16. The lowest BCUT2D eigenvalue weighted by atomic mass is 10.3. The van der Waals surface area contributed by atoms with E-state index in [0.717, 1.165) is 0 Å². The van der Waals surface area contributed by atoms with Gasteiger partial charge in [-0.15, -0.1) is 0 Å². The number of amides is 1. The summed E-state index contributed by atoms with van der Waals surface area (Å²) in [4.78, 5) is 27.9. The Morgan fingerprint density at radius 1 is 1.50 bits per heavy atom. The van der Waals surface area contributed by atoms with Gasteiger partial charge in [-0.05, 0) is 12.1 Å². The molecular formula is C8H10NO4P. The third kappa shape index (κ3) is 3.70. The highest BCUT2D eigenvalue weighted by Gasteiger charge is 2.03. The van der Waals surface area contributed by atoms with Crippen LogP contribution < -0.4 is 9.84 Å². The van der Waals surface area contributed by atoms with Gasteiger partial charge in [-0.25, -0.2) is 0 Å². The van der Waals surface area contributed by atoms with Crippen LogP contribution in [0.2, 0.25) is 0 Å². The molecule has 1 aromatic rings. The number of carbonyl (C=O) groups is 1. The van der Waals surface area contributed by atoms with Crippen LogP contribution in [0.4, 0.5) is 5.69 Å². The highest BCUT2D eigenvalue weighted by atomic mass is 31.2. The summed E-state index contributed by atoms with van der Waals surface area (Å²) in [6.45, 7) is 1.39. The molecule has 0 saturated heterocycles. The van der Waals surface area contributed by atoms with E-state index in [1.807, 2.05) is 0 Å². The SMILES string of the molecule is CC(=O)Nc1cccc(OP(O)O)c1. The van der Waals surface area contributed by atoms with E-state index >= 15 is 0 Å². The van der Waals surface area contributed by atoms with Crippen molar-refractivity contribution in [3.05, 3.63) is 24.3 Å². The Kier molecular flexibility index (Phi) is 3.83. The van der Waals surface area contributed by atoms with Gasteiger partial charge in [0.1, 0.15) is 5.75 Å². The second-order valence-electron chi connectivity index (χ2n) is 2.55. The molecule has 0 unspecified atom stereocenters. The number of hydrogen-bond donors (Lipinski definition) is 3. The summed E-state index contributed by atoms with van der Waals surface area (Å²) in [6, 6.07) is 6.38. The second-order valence-corrected chi connectivity index (χ2v) is 3.24. The minimum absolute atomic E-state index is 0.197. The topological polar surface area (TPSA) is 78.8 Å². The van der Waals surface area contributed by atoms with Gasteiger partial charge in [0, 0.05) is 18.7 Å². The molecule has 0 atom stereocenters. The van der Waals surface area contributed by atoms with Gasteiger partial charge in [0.25, 0.3) is 0 Å². The summed E-state index contributed by atoms with van der Waals surface area (Å²) < 4.78 is 4.66. The van der Waals surface area contributed by atoms with Gasteiger partial charge >= 0.3 is 8.60 Å². The summed E-state index contributed by atoms with van der Waals surface area (Å²) in [5, 5.41) is 2.54. The van der Waals surface area contributed by atoms with Gasteiger partial charge in [-0.2, -0.15) is 0 Å². The van der Waals surface area contributed by atoms with Crippen molar-refractivity contribution in [1.29, 1.82) is 0 Å². The Balaban J connectivity index is 2.73. The standard InChI is InChI=1S/C8H10NO4P/c1-6(10)9-7-3-2-4-8(5-7)13-14(11)12/h2-5,11-12H,1H3,(H,9,10). The largest absolute Gasteiger partial charge is 0.427 e. The van der Waals surface area contributed by atoms with E-state index in [1.165, 1.54) is 13.0 Å². The van der Waals surface area contributed by atoms with Crippen molar-refractivity contribution in [2.75, 3.05) is 5.32 Å². The van der Waals surface area contributed by atoms with Gasteiger partial charge in [-0.1, -0.05) is 6.07 Å². The van der Waals surface area contributed by atoms with Gasteiger partial charge in [0.05, 0.1) is 0 Å². The van der Waals surface area contributed by atoms with Crippen molar-refractivity contribution in [3.63, 3.8) is 0 Å². The molecule has 0 heterocycles. The first-order valence-corrected chi connectivity index (χ1v) is 4.98. The first-order valence-electron chi connectivity index (χ1n) is 3.81. The number of benzene rings is 1. The van der Waals surface area contributed by atoms with Crippen molar-refractivity contribution in [1.82, 2.24) is 0 Å². The molecule has 0 radical (unpaired) electrons. The predicted molar refractivity (Wildman–Crippen MR) is 52.7 cm³/mol. The van der Waals surface area contributed by atoms with Crippen LogP contribution in [-0.4, -0.2) is 15.7 Å². The van der Waals surface area contributed by atoms with E-state index in [2.05, 4.69) is 9.84 Å². The van der Waals surface area contributed by atoms with E-state index in [9.17, 15) is 4.79 Å². The number of hydrogen-bond acceptors (Lipinski definition) is 4. The van der Waals surface area contributed by atoms with Crippen LogP contribution in [0.1, 0.15) is 6.92 Å². The molecule has 1 rings (SSSR count). The molecule has 5 nitrogen and oxygen atoms in total. The van der Waals surface area contributed by atoms with E-state index in [1.54, 1.807) is 18.2 Å². The Morgan fingerprint density at radius 2 is 2.21 bits per heavy atom. The second kappa shape index (κ2) is 4.91. The van der Waals surface area contributed by atoms with Crippen molar-refractivity contribution in [2.24, 2.45) is 0 Å². The lowest BCUT2D eigenvalue weighted by molar-refractivity contribution is -0.114. The zero-order chi connectivity index (χ0) is 10.6. The number of nitrogens with one attached hydrogen (secondary N) is 1. The number of rotatable bonds is 3. The van der Waals surface area contributed by atoms with Gasteiger partial charge in [-0.3, -0.25) is 4.79 Å². The molecule has 14 heavy (non-hydrogen) atoms.